The molecule has 0 heterocycles. The van der Waals surface area contributed by atoms with Crippen molar-refractivity contribution in [2.45, 2.75) is 96.1 Å². The van der Waals surface area contributed by atoms with Gasteiger partial charge in [0.25, 0.3) is 0 Å². The van der Waals surface area contributed by atoms with Crippen LogP contribution < -0.4 is 16.2 Å². The van der Waals surface area contributed by atoms with Gasteiger partial charge in [0.1, 0.15) is 0 Å². The lowest BCUT2D eigenvalue weighted by molar-refractivity contribution is -0.114. The number of hydrogen-bond donors (Lipinski definition) is 4. The Morgan fingerprint density at radius 1 is 1.25 bits per heavy atom. The number of methoxy groups -OCH3 is 1. The van der Waals surface area contributed by atoms with Gasteiger partial charge in [-0.15, -0.1) is 0 Å². The molecule has 0 radical (unpaired) electrons. The number of benzene rings is 1. The average molecular weight is 554 g/mol. The third kappa shape index (κ3) is 9.57. The van der Waals surface area contributed by atoms with Gasteiger partial charge in [-0.05, 0) is 93.7 Å². The Morgan fingerprint density at radius 3 is 2.70 bits per heavy atom. The molecule has 1 aromatic rings. The van der Waals surface area contributed by atoms with Crippen LogP contribution in [0.25, 0.3) is 0 Å². The van der Waals surface area contributed by atoms with Crippen molar-refractivity contribution in [3.05, 3.63) is 34.9 Å². The highest BCUT2D eigenvalue weighted by molar-refractivity contribution is 5.89. The molecule has 0 saturated heterocycles. The third-order valence-electron chi connectivity index (χ3n) is 7.95. The standard InChI is InChI=1S/C32H47N3O5/c1-3-22(17-18-36)12-15-26(37)16-13-24-20-30(40-27-8-4-5-9-27)31(38)29-19-23(21-39-2)11-14-25(35-32(33)34)7-6-10-28(24)29/h12,15,20,22-23,25,27,36,38H,3-5,7-9,11,13-14,16-19,21H2,1-2H3,(H4,33,34,35). The van der Waals surface area contributed by atoms with Crippen LogP contribution in [0.3, 0.4) is 0 Å². The molecule has 3 atom stereocenters. The molecule has 1 fully saturated rings. The first kappa shape index (κ1) is 31.5. The number of rotatable bonds is 13. The predicted octanol–water partition coefficient (Wildman–Crippen LogP) is 4.16. The highest BCUT2D eigenvalue weighted by Crippen LogP contribution is 2.40. The lowest BCUT2D eigenvalue weighted by Gasteiger charge is -2.24. The largest absolute Gasteiger partial charge is 0.504 e. The molecule has 220 valence electrons. The van der Waals surface area contributed by atoms with Crippen LogP contribution in [-0.2, 0) is 22.4 Å². The molecule has 1 aromatic carbocycles. The van der Waals surface area contributed by atoms with Crippen molar-refractivity contribution in [3.8, 4) is 23.3 Å². The molecule has 0 spiro atoms. The van der Waals surface area contributed by atoms with Crippen LogP contribution in [0, 0.1) is 23.7 Å². The second-order valence-corrected chi connectivity index (χ2v) is 11.1. The Hall–Kier alpha value is -3.02. The smallest absolute Gasteiger partial charge is 0.186 e. The number of nitrogens with zero attached hydrogens (tertiary/aromatic N) is 1. The summed E-state index contributed by atoms with van der Waals surface area (Å²) in [5.74, 6) is 7.57. The summed E-state index contributed by atoms with van der Waals surface area (Å²) in [5, 5.41) is 20.7. The van der Waals surface area contributed by atoms with Crippen molar-refractivity contribution >= 4 is 11.7 Å². The van der Waals surface area contributed by atoms with Crippen molar-refractivity contribution in [1.29, 1.82) is 0 Å². The molecule has 2 aliphatic carbocycles. The highest BCUT2D eigenvalue weighted by Gasteiger charge is 2.25. The monoisotopic (exact) mass is 553 g/mol. The van der Waals surface area contributed by atoms with Gasteiger partial charge >= 0.3 is 0 Å². The summed E-state index contributed by atoms with van der Waals surface area (Å²) < 4.78 is 11.9. The van der Waals surface area contributed by atoms with E-state index in [1.165, 1.54) is 0 Å². The van der Waals surface area contributed by atoms with E-state index in [4.69, 9.17) is 20.9 Å². The number of nitrogens with two attached hydrogens (primary N) is 2. The van der Waals surface area contributed by atoms with Gasteiger partial charge < -0.3 is 31.2 Å². The molecule has 6 N–H and O–H groups in total. The van der Waals surface area contributed by atoms with E-state index in [0.717, 1.165) is 61.6 Å². The SMILES string of the molecule is CCC(C=CC(=O)CCc1cc(OC2CCCC2)c(O)c2c1C#CCC(N=C(N)N)CCC(COC)C2)CCO. The van der Waals surface area contributed by atoms with E-state index in [1.807, 2.05) is 19.1 Å². The van der Waals surface area contributed by atoms with Gasteiger partial charge in [-0.2, -0.15) is 0 Å². The Bertz CT molecular complexity index is 1090. The number of aryl methyl sites for hydroxylation is 1. The molecule has 8 heteroatoms. The summed E-state index contributed by atoms with van der Waals surface area (Å²) in [4.78, 5) is 17.2. The Kier molecular flexibility index (Phi) is 12.8. The minimum atomic E-state index is -0.113. The van der Waals surface area contributed by atoms with Gasteiger partial charge in [0.2, 0.25) is 0 Å². The van der Waals surface area contributed by atoms with Crippen molar-refractivity contribution in [2.24, 2.45) is 28.3 Å². The molecular formula is C32H47N3O5. The number of aliphatic imine (C=N–C) groups is 1. The predicted molar refractivity (Wildman–Crippen MR) is 158 cm³/mol. The fourth-order valence-corrected chi connectivity index (χ4v) is 5.65. The number of guanidine groups is 1. The Balaban J connectivity index is 1.98. The zero-order valence-electron chi connectivity index (χ0n) is 24.2. The van der Waals surface area contributed by atoms with Crippen LogP contribution >= 0.6 is 0 Å². The fourth-order valence-electron chi connectivity index (χ4n) is 5.65. The first-order chi connectivity index (χ1) is 19.3. The Morgan fingerprint density at radius 2 is 2.02 bits per heavy atom. The van der Waals surface area contributed by atoms with Crippen molar-refractivity contribution < 1.29 is 24.5 Å². The second kappa shape index (κ2) is 16.3. The van der Waals surface area contributed by atoms with E-state index in [0.29, 0.717) is 44.5 Å². The number of hydrogen-bond acceptors (Lipinski definition) is 6. The number of aliphatic hydroxyl groups excluding tert-OH is 1. The molecule has 2 aliphatic rings. The van der Waals surface area contributed by atoms with E-state index < -0.39 is 0 Å². The van der Waals surface area contributed by atoms with Crippen molar-refractivity contribution in [2.75, 3.05) is 20.3 Å². The Labute approximate surface area is 239 Å². The molecule has 8 nitrogen and oxygen atoms in total. The number of phenolic OH excluding ortho intramolecular Hbond substituents is 1. The van der Waals surface area contributed by atoms with Gasteiger partial charge in [0.15, 0.2) is 23.2 Å². The quantitative estimate of drug-likeness (QED) is 0.124. The van der Waals surface area contributed by atoms with Crippen LogP contribution in [-0.4, -0.2) is 54.4 Å². The highest BCUT2D eigenvalue weighted by atomic mass is 16.5. The van der Waals surface area contributed by atoms with Gasteiger partial charge in [-0.1, -0.05) is 24.8 Å². The van der Waals surface area contributed by atoms with Gasteiger partial charge in [0.05, 0.1) is 12.1 Å². The topological polar surface area (TPSA) is 140 Å². The molecule has 0 amide bonds. The fraction of sp³-hybridized carbons (Fsp3) is 0.625. The maximum absolute atomic E-state index is 12.8. The van der Waals surface area contributed by atoms with Gasteiger partial charge in [0, 0.05) is 44.3 Å². The molecule has 40 heavy (non-hydrogen) atoms. The number of allylic oxidation sites excluding steroid dienone is 2. The first-order valence-corrected chi connectivity index (χ1v) is 14.8. The third-order valence-corrected chi connectivity index (χ3v) is 7.95. The summed E-state index contributed by atoms with van der Waals surface area (Å²) in [6, 6.07) is 1.76. The lowest BCUT2D eigenvalue weighted by Crippen LogP contribution is -2.26. The summed E-state index contributed by atoms with van der Waals surface area (Å²) in [5.41, 5.74) is 13.8. The van der Waals surface area contributed by atoms with Gasteiger partial charge in [-0.25, -0.2) is 4.99 Å². The number of carbonyl (C=O) groups is 1. The summed E-state index contributed by atoms with van der Waals surface area (Å²) in [6.07, 6.45) is 12.8. The number of ether oxygens (including phenoxy) is 2. The van der Waals surface area contributed by atoms with Crippen LogP contribution in [0.1, 0.15) is 87.8 Å². The van der Waals surface area contributed by atoms with Crippen LogP contribution in [0.4, 0.5) is 0 Å². The van der Waals surface area contributed by atoms with E-state index in [2.05, 4.69) is 16.8 Å². The average Bonchev–Trinajstić information content (AvgIpc) is 3.44. The summed E-state index contributed by atoms with van der Waals surface area (Å²) in [7, 11) is 1.68. The van der Waals surface area contributed by atoms with E-state index in [-0.39, 0.29) is 48.1 Å². The second-order valence-electron chi connectivity index (χ2n) is 11.1. The maximum Gasteiger partial charge on any atom is 0.186 e. The minimum absolute atomic E-state index is 0.0226. The molecule has 3 rings (SSSR count). The summed E-state index contributed by atoms with van der Waals surface area (Å²) in [6.45, 7) is 2.68. The molecule has 1 saturated carbocycles. The minimum Gasteiger partial charge on any atom is -0.504 e. The van der Waals surface area contributed by atoms with E-state index in [9.17, 15) is 15.0 Å². The number of phenols is 1. The lowest BCUT2D eigenvalue weighted by atomic mass is 9.86. The number of fused-ring (bicyclic) bond motifs is 1. The molecule has 0 bridgehead atoms. The number of aliphatic hydroxyl groups is 1. The molecule has 3 unspecified atom stereocenters. The number of carbonyl (C=O) groups excluding carboxylic acids is 1. The molecule has 0 aliphatic heterocycles. The van der Waals surface area contributed by atoms with Crippen molar-refractivity contribution in [3.63, 3.8) is 0 Å². The van der Waals surface area contributed by atoms with Crippen LogP contribution in [0.15, 0.2) is 23.2 Å². The summed E-state index contributed by atoms with van der Waals surface area (Å²) >= 11 is 0. The maximum atomic E-state index is 12.8. The first-order valence-electron chi connectivity index (χ1n) is 14.8. The normalized spacial score (nSPS) is 20.4. The molecular weight excluding hydrogens is 506 g/mol. The van der Waals surface area contributed by atoms with E-state index >= 15 is 0 Å². The number of ketones is 1. The van der Waals surface area contributed by atoms with Crippen LogP contribution in [0.5, 0.6) is 11.5 Å². The zero-order valence-corrected chi connectivity index (χ0v) is 24.2. The van der Waals surface area contributed by atoms with Crippen LogP contribution in [0.2, 0.25) is 0 Å². The number of aromatic hydroxyl groups is 1. The van der Waals surface area contributed by atoms with Crippen molar-refractivity contribution in [1.82, 2.24) is 0 Å². The van der Waals surface area contributed by atoms with E-state index in [1.54, 1.807) is 13.2 Å². The zero-order chi connectivity index (χ0) is 28.9. The molecule has 0 aromatic heterocycles. The van der Waals surface area contributed by atoms with Gasteiger partial charge in [-0.3, -0.25) is 4.79 Å².